The van der Waals surface area contributed by atoms with Crippen LogP contribution in [0.1, 0.15) is 36.0 Å². The summed E-state index contributed by atoms with van der Waals surface area (Å²) in [6.07, 6.45) is 4.10. The highest BCUT2D eigenvalue weighted by Gasteiger charge is 2.26. The van der Waals surface area contributed by atoms with Crippen LogP contribution in [-0.4, -0.2) is 52.9 Å². The second-order valence-electron chi connectivity index (χ2n) is 8.47. The molecule has 6 heteroatoms. The molecule has 2 N–H and O–H groups in total. The molecule has 0 saturated carbocycles. The van der Waals surface area contributed by atoms with Gasteiger partial charge in [0, 0.05) is 24.4 Å². The van der Waals surface area contributed by atoms with Gasteiger partial charge in [0.15, 0.2) is 0 Å². The fourth-order valence-corrected chi connectivity index (χ4v) is 4.48. The molecular formula is C24H29N3O3. The van der Waals surface area contributed by atoms with Gasteiger partial charge in [-0.1, -0.05) is 18.2 Å². The zero-order chi connectivity index (χ0) is 21.1. The Morgan fingerprint density at radius 1 is 1.20 bits per heavy atom. The lowest BCUT2D eigenvalue weighted by Crippen LogP contribution is -2.39. The summed E-state index contributed by atoms with van der Waals surface area (Å²) in [5.41, 5.74) is 5.45. The Hall–Kier alpha value is -2.73. The number of aromatic nitrogens is 1. The molecular weight excluding hydrogens is 378 g/mol. The molecule has 0 aliphatic carbocycles. The molecule has 2 aliphatic heterocycles. The molecule has 0 bridgehead atoms. The van der Waals surface area contributed by atoms with Crippen molar-refractivity contribution in [2.24, 2.45) is 5.92 Å². The molecule has 2 aromatic rings. The van der Waals surface area contributed by atoms with E-state index in [4.69, 9.17) is 10.1 Å². The summed E-state index contributed by atoms with van der Waals surface area (Å²) in [6.45, 7) is 4.45. The number of benzene rings is 1. The van der Waals surface area contributed by atoms with Crippen molar-refractivity contribution in [1.82, 2.24) is 9.88 Å². The fraction of sp³-hybridized carbons (Fsp3) is 0.458. The second kappa shape index (κ2) is 8.96. The van der Waals surface area contributed by atoms with E-state index in [1.807, 2.05) is 11.0 Å². The van der Waals surface area contributed by atoms with E-state index in [1.165, 1.54) is 5.56 Å². The van der Waals surface area contributed by atoms with Gasteiger partial charge < -0.3 is 10.4 Å². The van der Waals surface area contributed by atoms with Crippen molar-refractivity contribution < 1.29 is 14.7 Å². The molecule has 1 aromatic carbocycles. The van der Waals surface area contributed by atoms with E-state index in [9.17, 15) is 9.59 Å². The summed E-state index contributed by atoms with van der Waals surface area (Å²) in [5.74, 6) is 0.441. The third-order valence-corrected chi connectivity index (χ3v) is 6.25. The molecule has 2 aliphatic rings. The van der Waals surface area contributed by atoms with Crippen molar-refractivity contribution in [3.8, 4) is 11.3 Å². The minimum Gasteiger partial charge on any atom is -0.480 e. The summed E-state index contributed by atoms with van der Waals surface area (Å²) in [6, 6.07) is 10.4. The van der Waals surface area contributed by atoms with Gasteiger partial charge in [0.1, 0.15) is 11.6 Å². The maximum absolute atomic E-state index is 12.9. The molecule has 3 heterocycles. The number of aryl methyl sites for hydroxylation is 2. The van der Waals surface area contributed by atoms with Crippen LogP contribution >= 0.6 is 0 Å². The molecule has 0 amide bonds. The van der Waals surface area contributed by atoms with E-state index in [-0.39, 0.29) is 18.2 Å². The van der Waals surface area contributed by atoms with E-state index in [2.05, 4.69) is 36.5 Å². The van der Waals surface area contributed by atoms with Crippen molar-refractivity contribution in [3.63, 3.8) is 0 Å². The summed E-state index contributed by atoms with van der Waals surface area (Å²) >= 11 is 0. The van der Waals surface area contributed by atoms with Crippen LogP contribution in [0.2, 0.25) is 0 Å². The van der Waals surface area contributed by atoms with E-state index >= 15 is 0 Å². The topological polar surface area (TPSA) is 82.5 Å². The van der Waals surface area contributed by atoms with Gasteiger partial charge >= 0.3 is 5.97 Å². The van der Waals surface area contributed by atoms with E-state index in [0.717, 1.165) is 60.4 Å². The Kier molecular flexibility index (Phi) is 6.13. The summed E-state index contributed by atoms with van der Waals surface area (Å²) in [5, 5.41) is 12.3. The Labute approximate surface area is 177 Å². The number of carboxylic acids is 1. The number of rotatable bonds is 6. The quantitative estimate of drug-likeness (QED) is 0.764. The van der Waals surface area contributed by atoms with E-state index < -0.39 is 5.97 Å². The van der Waals surface area contributed by atoms with E-state index in [1.54, 1.807) is 0 Å². The number of hydrogen-bond acceptors (Lipinski definition) is 5. The molecule has 158 valence electrons. The highest BCUT2D eigenvalue weighted by molar-refractivity contribution is 5.84. The zero-order valence-corrected chi connectivity index (χ0v) is 17.5. The number of nitrogens with one attached hydrogen (secondary N) is 1. The average Bonchev–Trinajstić information content (AvgIpc) is 2.75. The smallest absolute Gasteiger partial charge is 0.317 e. The predicted octanol–water partition coefficient (Wildman–Crippen LogP) is 3.32. The van der Waals surface area contributed by atoms with Crippen LogP contribution in [0.3, 0.4) is 0 Å². The summed E-state index contributed by atoms with van der Waals surface area (Å²) in [4.78, 5) is 30.5. The molecule has 1 saturated heterocycles. The van der Waals surface area contributed by atoms with E-state index in [0.29, 0.717) is 19.5 Å². The predicted molar refractivity (Wildman–Crippen MR) is 117 cm³/mol. The van der Waals surface area contributed by atoms with Crippen LogP contribution in [0.4, 0.5) is 5.82 Å². The molecule has 0 spiro atoms. The number of anilines is 1. The Balaban J connectivity index is 1.45. The first-order valence-corrected chi connectivity index (χ1v) is 10.8. The van der Waals surface area contributed by atoms with Gasteiger partial charge in [0.2, 0.25) is 0 Å². The Morgan fingerprint density at radius 2 is 2.00 bits per heavy atom. The average molecular weight is 408 g/mol. The lowest BCUT2D eigenvalue weighted by atomic mass is 9.88. The molecule has 30 heavy (non-hydrogen) atoms. The lowest BCUT2D eigenvalue weighted by Gasteiger charge is -2.30. The van der Waals surface area contributed by atoms with Crippen molar-refractivity contribution in [3.05, 3.63) is 47.0 Å². The van der Waals surface area contributed by atoms with Gasteiger partial charge in [-0.05, 0) is 74.5 Å². The molecule has 1 aromatic heterocycles. The number of Topliss-reactive ketones (excluding diaryl/α,β-unsaturated/α-hetero) is 1. The largest absolute Gasteiger partial charge is 0.480 e. The monoisotopic (exact) mass is 407 g/mol. The van der Waals surface area contributed by atoms with Gasteiger partial charge in [-0.15, -0.1) is 0 Å². The fourth-order valence-electron chi connectivity index (χ4n) is 4.48. The van der Waals surface area contributed by atoms with Crippen LogP contribution in [0, 0.1) is 12.8 Å². The normalized spacial score (nSPS) is 17.2. The number of piperidine rings is 1. The number of nitrogens with zero attached hydrogens (tertiary/aromatic N) is 2. The zero-order valence-electron chi connectivity index (χ0n) is 17.5. The molecule has 6 nitrogen and oxygen atoms in total. The van der Waals surface area contributed by atoms with Crippen molar-refractivity contribution in [1.29, 1.82) is 0 Å². The van der Waals surface area contributed by atoms with Crippen LogP contribution in [-0.2, 0) is 22.4 Å². The first kappa shape index (κ1) is 20.5. The molecule has 0 unspecified atom stereocenters. The van der Waals surface area contributed by atoms with Gasteiger partial charge in [-0.2, -0.15) is 0 Å². The van der Waals surface area contributed by atoms with Crippen LogP contribution in [0.15, 0.2) is 30.3 Å². The Bertz CT molecular complexity index is 949. The second-order valence-corrected chi connectivity index (χ2v) is 8.47. The van der Waals surface area contributed by atoms with Gasteiger partial charge in [-0.3, -0.25) is 14.5 Å². The van der Waals surface area contributed by atoms with Crippen molar-refractivity contribution in [2.75, 3.05) is 31.5 Å². The molecule has 4 rings (SSSR count). The molecule has 1 fully saturated rings. The van der Waals surface area contributed by atoms with Crippen LogP contribution < -0.4 is 5.32 Å². The highest BCUT2D eigenvalue weighted by atomic mass is 16.4. The number of carbonyl (C=O) groups is 2. The number of fused-ring (bicyclic) bond motifs is 1. The summed E-state index contributed by atoms with van der Waals surface area (Å²) < 4.78 is 0. The number of ketones is 1. The van der Waals surface area contributed by atoms with Gasteiger partial charge in [0.25, 0.3) is 0 Å². The number of carboxylic acid groups (broad SMARTS) is 1. The maximum Gasteiger partial charge on any atom is 0.317 e. The van der Waals surface area contributed by atoms with Gasteiger partial charge in [0.05, 0.1) is 12.2 Å². The first-order valence-electron chi connectivity index (χ1n) is 10.8. The number of likely N-dealkylation sites (tertiary alicyclic amines) is 1. The third kappa shape index (κ3) is 4.70. The lowest BCUT2D eigenvalue weighted by molar-refractivity contribution is -0.138. The number of carbonyl (C=O) groups excluding carboxylic acids is 1. The standard InChI is InChI=1S/C24H29N3O3/c1-16-4-5-17(14-22(28)18-8-11-27(12-9-18)15-23(29)30)13-20(16)21-7-6-19-3-2-10-25-24(19)26-21/h4-7,13,18H,2-3,8-12,14-15H2,1H3,(H,25,26)(H,29,30). The highest BCUT2D eigenvalue weighted by Crippen LogP contribution is 2.28. The molecule has 0 atom stereocenters. The first-order chi connectivity index (χ1) is 14.5. The minimum atomic E-state index is -0.807. The SMILES string of the molecule is Cc1ccc(CC(=O)C2CCN(CC(=O)O)CC2)cc1-c1ccc2c(n1)NCCC2. The third-order valence-electron chi connectivity index (χ3n) is 6.25. The van der Waals surface area contributed by atoms with Gasteiger partial charge in [-0.25, -0.2) is 4.98 Å². The van der Waals surface area contributed by atoms with Crippen LogP contribution in [0.25, 0.3) is 11.3 Å². The van der Waals surface area contributed by atoms with Crippen molar-refractivity contribution >= 4 is 17.6 Å². The minimum absolute atomic E-state index is 0.0193. The number of pyridine rings is 1. The van der Waals surface area contributed by atoms with Crippen molar-refractivity contribution in [2.45, 2.75) is 39.0 Å². The van der Waals surface area contributed by atoms with Crippen LogP contribution in [0.5, 0.6) is 0 Å². The summed E-state index contributed by atoms with van der Waals surface area (Å²) in [7, 11) is 0. The number of hydrogen-bond donors (Lipinski definition) is 2. The number of aliphatic carboxylic acids is 1. The molecule has 0 radical (unpaired) electrons. The maximum atomic E-state index is 12.9. The Morgan fingerprint density at radius 3 is 2.77 bits per heavy atom.